The number of carbonyl (C=O) groups is 2. The summed E-state index contributed by atoms with van der Waals surface area (Å²) in [6, 6.07) is -0.225. The number of nitrogens with zero attached hydrogens (tertiary/aromatic N) is 1. The van der Waals surface area contributed by atoms with Crippen LogP contribution in [0.2, 0.25) is 0 Å². The van der Waals surface area contributed by atoms with Gasteiger partial charge in [-0.3, -0.25) is 0 Å². The van der Waals surface area contributed by atoms with E-state index in [1.165, 1.54) is 0 Å². The number of morpholine rings is 1. The van der Waals surface area contributed by atoms with E-state index in [9.17, 15) is 14.7 Å². The minimum absolute atomic E-state index is 0.0460. The number of rotatable bonds is 3. The third-order valence-electron chi connectivity index (χ3n) is 3.92. The van der Waals surface area contributed by atoms with Crippen LogP contribution in [0.1, 0.15) is 32.6 Å². The fourth-order valence-electron chi connectivity index (χ4n) is 2.46. The van der Waals surface area contributed by atoms with Gasteiger partial charge in [-0.2, -0.15) is 0 Å². The molecule has 0 bridgehead atoms. The molecule has 0 aromatic carbocycles. The maximum absolute atomic E-state index is 12.2. The minimum atomic E-state index is -1.03. The summed E-state index contributed by atoms with van der Waals surface area (Å²) < 4.78 is 5.33. The highest BCUT2D eigenvalue weighted by molar-refractivity contribution is 5.87. The number of urea groups is 1. The Labute approximate surface area is 106 Å². The van der Waals surface area contributed by atoms with Crippen molar-refractivity contribution in [3.8, 4) is 0 Å². The predicted octanol–water partition coefficient (Wildman–Crippen LogP) is 0.814. The molecule has 2 amide bonds. The van der Waals surface area contributed by atoms with Crippen LogP contribution in [0, 0.1) is 0 Å². The molecular weight excluding hydrogens is 236 g/mol. The number of ether oxygens (including phenoxy) is 1. The summed E-state index contributed by atoms with van der Waals surface area (Å²) in [6.45, 7) is 3.57. The average Bonchev–Trinajstić information content (AvgIpc) is 2.33. The molecule has 102 valence electrons. The summed E-state index contributed by atoms with van der Waals surface area (Å²) in [5, 5.41) is 11.9. The van der Waals surface area contributed by atoms with Crippen LogP contribution in [-0.4, -0.2) is 53.3 Å². The Morgan fingerprint density at radius 3 is 2.72 bits per heavy atom. The van der Waals surface area contributed by atoms with Gasteiger partial charge >= 0.3 is 12.0 Å². The molecule has 2 rings (SSSR count). The van der Waals surface area contributed by atoms with E-state index < -0.39 is 11.5 Å². The second-order valence-corrected chi connectivity index (χ2v) is 5.00. The van der Waals surface area contributed by atoms with Crippen molar-refractivity contribution < 1.29 is 19.4 Å². The van der Waals surface area contributed by atoms with E-state index in [0.717, 1.165) is 12.8 Å². The first kappa shape index (κ1) is 13.1. The van der Waals surface area contributed by atoms with E-state index in [0.29, 0.717) is 32.6 Å². The molecule has 0 aromatic rings. The maximum atomic E-state index is 12.2. The molecule has 1 saturated carbocycles. The van der Waals surface area contributed by atoms with Gasteiger partial charge in [0.2, 0.25) is 0 Å². The minimum Gasteiger partial charge on any atom is -0.480 e. The maximum Gasteiger partial charge on any atom is 0.329 e. The van der Waals surface area contributed by atoms with Crippen molar-refractivity contribution in [2.75, 3.05) is 19.8 Å². The lowest BCUT2D eigenvalue weighted by atomic mass is 9.77. The van der Waals surface area contributed by atoms with E-state index in [4.69, 9.17) is 4.74 Å². The summed E-state index contributed by atoms with van der Waals surface area (Å²) in [6.07, 6.45) is 2.71. The lowest BCUT2D eigenvalue weighted by Gasteiger charge is -2.42. The fraction of sp³-hybridized carbons (Fsp3) is 0.833. The zero-order chi connectivity index (χ0) is 13.2. The second-order valence-electron chi connectivity index (χ2n) is 5.00. The molecule has 2 N–H and O–H groups in total. The van der Waals surface area contributed by atoms with E-state index in [1.54, 1.807) is 4.90 Å². The van der Waals surface area contributed by atoms with Crippen molar-refractivity contribution >= 4 is 12.0 Å². The van der Waals surface area contributed by atoms with Crippen LogP contribution < -0.4 is 5.32 Å². The van der Waals surface area contributed by atoms with E-state index in [2.05, 4.69) is 5.32 Å². The number of hydrogen-bond acceptors (Lipinski definition) is 3. The molecule has 0 spiro atoms. The number of carbonyl (C=O) groups excluding carboxylic acids is 1. The fourth-order valence-corrected chi connectivity index (χ4v) is 2.46. The standard InChI is InChI=1S/C12H20N2O4/c1-2-9-8-18-7-6-14(9)11(17)13-12(10(15)16)4-3-5-12/h9H,2-8H2,1H3,(H,13,17)(H,15,16). The summed E-state index contributed by atoms with van der Waals surface area (Å²) in [5.41, 5.74) is -1.03. The van der Waals surface area contributed by atoms with Gasteiger partial charge in [0.25, 0.3) is 0 Å². The van der Waals surface area contributed by atoms with Gasteiger partial charge < -0.3 is 20.1 Å². The number of carboxylic acids is 1. The Kier molecular flexibility index (Phi) is 3.75. The van der Waals surface area contributed by atoms with Gasteiger partial charge in [-0.1, -0.05) is 6.92 Å². The quantitative estimate of drug-likeness (QED) is 0.783. The molecular formula is C12H20N2O4. The van der Waals surface area contributed by atoms with Crippen molar-refractivity contribution in [2.24, 2.45) is 0 Å². The first-order valence-electron chi connectivity index (χ1n) is 6.49. The molecule has 6 nitrogen and oxygen atoms in total. The molecule has 2 fully saturated rings. The van der Waals surface area contributed by atoms with Crippen molar-refractivity contribution in [1.29, 1.82) is 0 Å². The molecule has 18 heavy (non-hydrogen) atoms. The largest absolute Gasteiger partial charge is 0.480 e. The summed E-state index contributed by atoms with van der Waals surface area (Å²) in [4.78, 5) is 25.1. The molecule has 1 aliphatic heterocycles. The Morgan fingerprint density at radius 2 is 2.22 bits per heavy atom. The Hall–Kier alpha value is -1.30. The SMILES string of the molecule is CCC1COCCN1C(=O)NC1(C(=O)O)CCC1. The average molecular weight is 256 g/mol. The van der Waals surface area contributed by atoms with E-state index in [1.807, 2.05) is 6.92 Å². The van der Waals surface area contributed by atoms with Crippen LogP contribution in [0.25, 0.3) is 0 Å². The van der Waals surface area contributed by atoms with Crippen molar-refractivity contribution in [2.45, 2.75) is 44.2 Å². The number of carboxylic acid groups (broad SMARTS) is 1. The molecule has 0 aromatic heterocycles. The highest BCUT2D eigenvalue weighted by atomic mass is 16.5. The lowest BCUT2D eigenvalue weighted by Crippen LogP contribution is -2.63. The summed E-state index contributed by atoms with van der Waals surface area (Å²) in [7, 11) is 0. The normalized spacial score (nSPS) is 26.3. The first-order valence-corrected chi connectivity index (χ1v) is 6.49. The molecule has 0 radical (unpaired) electrons. The summed E-state index contributed by atoms with van der Waals surface area (Å²) in [5.74, 6) is -0.927. The molecule has 1 heterocycles. The highest BCUT2D eigenvalue weighted by Crippen LogP contribution is 2.32. The third kappa shape index (κ3) is 2.29. The first-order chi connectivity index (χ1) is 8.59. The van der Waals surface area contributed by atoms with Gasteiger partial charge in [0.05, 0.1) is 19.3 Å². The number of amides is 2. The van der Waals surface area contributed by atoms with Gasteiger partial charge in [0.1, 0.15) is 5.54 Å². The summed E-state index contributed by atoms with van der Waals surface area (Å²) >= 11 is 0. The molecule has 2 aliphatic rings. The van der Waals surface area contributed by atoms with Crippen molar-refractivity contribution in [3.63, 3.8) is 0 Å². The molecule has 1 saturated heterocycles. The Balaban J connectivity index is 2.00. The predicted molar refractivity (Wildman–Crippen MR) is 64.4 cm³/mol. The lowest BCUT2D eigenvalue weighted by molar-refractivity contribution is -0.148. The number of nitrogens with one attached hydrogen (secondary N) is 1. The smallest absolute Gasteiger partial charge is 0.329 e. The van der Waals surface area contributed by atoms with Crippen LogP contribution in [0.4, 0.5) is 4.79 Å². The van der Waals surface area contributed by atoms with Gasteiger partial charge in [-0.05, 0) is 25.7 Å². The van der Waals surface area contributed by atoms with Crippen molar-refractivity contribution in [1.82, 2.24) is 10.2 Å². The zero-order valence-electron chi connectivity index (χ0n) is 10.6. The third-order valence-corrected chi connectivity index (χ3v) is 3.92. The molecule has 6 heteroatoms. The zero-order valence-corrected chi connectivity index (χ0v) is 10.6. The molecule has 1 unspecified atom stereocenters. The van der Waals surface area contributed by atoms with Crippen LogP contribution in [-0.2, 0) is 9.53 Å². The van der Waals surface area contributed by atoms with Gasteiger partial charge in [-0.25, -0.2) is 9.59 Å². The second kappa shape index (κ2) is 5.14. The Bertz CT molecular complexity index is 341. The molecule has 1 aliphatic carbocycles. The van der Waals surface area contributed by atoms with E-state index >= 15 is 0 Å². The Morgan fingerprint density at radius 1 is 1.50 bits per heavy atom. The van der Waals surface area contributed by atoms with Gasteiger partial charge in [0.15, 0.2) is 0 Å². The van der Waals surface area contributed by atoms with Crippen molar-refractivity contribution in [3.05, 3.63) is 0 Å². The molecule has 1 atom stereocenters. The highest BCUT2D eigenvalue weighted by Gasteiger charge is 2.46. The monoisotopic (exact) mass is 256 g/mol. The van der Waals surface area contributed by atoms with Crippen LogP contribution in [0.3, 0.4) is 0 Å². The van der Waals surface area contributed by atoms with Crippen LogP contribution >= 0.6 is 0 Å². The van der Waals surface area contributed by atoms with Gasteiger partial charge in [-0.15, -0.1) is 0 Å². The van der Waals surface area contributed by atoms with Crippen LogP contribution in [0.5, 0.6) is 0 Å². The van der Waals surface area contributed by atoms with E-state index in [-0.39, 0.29) is 12.1 Å². The van der Waals surface area contributed by atoms with Gasteiger partial charge in [0, 0.05) is 6.54 Å². The number of hydrogen-bond donors (Lipinski definition) is 2. The number of aliphatic carboxylic acids is 1. The van der Waals surface area contributed by atoms with Crippen LogP contribution in [0.15, 0.2) is 0 Å². The topological polar surface area (TPSA) is 78.9 Å².